The molecule has 18 heavy (non-hydrogen) atoms. The Labute approximate surface area is 112 Å². The number of aliphatic carboxylic acids is 1. The van der Waals surface area contributed by atoms with Gasteiger partial charge in [-0.25, -0.2) is 4.79 Å². The van der Waals surface area contributed by atoms with Crippen LogP contribution in [-0.2, 0) is 14.3 Å². The first-order valence-electron chi connectivity index (χ1n) is 5.27. The van der Waals surface area contributed by atoms with Crippen molar-refractivity contribution in [2.24, 2.45) is 0 Å². The minimum atomic E-state index is -5.08. The first-order chi connectivity index (χ1) is 8.25. The highest BCUT2D eigenvalue weighted by molar-refractivity contribution is 9.09. The van der Waals surface area contributed by atoms with Crippen molar-refractivity contribution in [3.63, 3.8) is 0 Å². The molecule has 0 saturated heterocycles. The maximum Gasteiger partial charge on any atom is 0.490 e. The van der Waals surface area contributed by atoms with Gasteiger partial charge in [0.05, 0.1) is 6.61 Å². The fourth-order valence-corrected chi connectivity index (χ4v) is 1.17. The van der Waals surface area contributed by atoms with E-state index in [1.165, 1.54) is 0 Å². The predicted molar refractivity (Wildman–Crippen MR) is 62.6 cm³/mol. The van der Waals surface area contributed by atoms with Gasteiger partial charge in [0.15, 0.2) is 0 Å². The third-order valence-electron chi connectivity index (χ3n) is 1.56. The SMILES string of the molecule is CCOC(=O)CCCCCBr.O=C(O)C(F)(F)F. The van der Waals surface area contributed by atoms with Crippen molar-refractivity contribution in [3.05, 3.63) is 0 Å². The van der Waals surface area contributed by atoms with Gasteiger partial charge in [0.2, 0.25) is 0 Å². The van der Waals surface area contributed by atoms with Crippen molar-refractivity contribution in [3.8, 4) is 0 Å². The molecule has 108 valence electrons. The summed E-state index contributed by atoms with van der Waals surface area (Å²) < 4.78 is 36.5. The molecule has 0 aromatic rings. The molecule has 0 bridgehead atoms. The number of carboxylic acid groups (broad SMARTS) is 1. The lowest BCUT2D eigenvalue weighted by molar-refractivity contribution is -0.192. The molecule has 0 atom stereocenters. The number of hydrogen-bond acceptors (Lipinski definition) is 3. The van der Waals surface area contributed by atoms with Crippen LogP contribution in [0.4, 0.5) is 13.2 Å². The number of rotatable bonds is 6. The quantitative estimate of drug-likeness (QED) is 0.459. The van der Waals surface area contributed by atoms with Gasteiger partial charge < -0.3 is 9.84 Å². The Kier molecular flexibility index (Phi) is 12.3. The van der Waals surface area contributed by atoms with E-state index in [4.69, 9.17) is 14.6 Å². The maximum absolute atomic E-state index is 10.8. The summed E-state index contributed by atoms with van der Waals surface area (Å²) in [5.74, 6) is -2.82. The largest absolute Gasteiger partial charge is 0.490 e. The van der Waals surface area contributed by atoms with Crippen molar-refractivity contribution in [1.29, 1.82) is 0 Å². The van der Waals surface area contributed by atoms with Crippen LogP contribution in [0, 0.1) is 0 Å². The van der Waals surface area contributed by atoms with E-state index in [9.17, 15) is 18.0 Å². The van der Waals surface area contributed by atoms with Crippen molar-refractivity contribution in [1.82, 2.24) is 0 Å². The monoisotopic (exact) mass is 336 g/mol. The van der Waals surface area contributed by atoms with Crippen LogP contribution in [0.15, 0.2) is 0 Å². The molecule has 8 heteroatoms. The van der Waals surface area contributed by atoms with E-state index in [1.54, 1.807) is 0 Å². The molecular formula is C10H16BrF3O4. The summed E-state index contributed by atoms with van der Waals surface area (Å²) in [4.78, 5) is 19.7. The summed E-state index contributed by atoms with van der Waals surface area (Å²) in [6.07, 6.45) is -1.32. The van der Waals surface area contributed by atoms with Crippen LogP contribution in [0.2, 0.25) is 0 Å². The lowest BCUT2D eigenvalue weighted by Crippen LogP contribution is -2.21. The van der Waals surface area contributed by atoms with E-state index in [2.05, 4.69) is 15.9 Å². The van der Waals surface area contributed by atoms with Gasteiger partial charge in [-0.15, -0.1) is 0 Å². The van der Waals surface area contributed by atoms with Crippen molar-refractivity contribution >= 4 is 27.9 Å². The number of halogens is 4. The summed E-state index contributed by atoms with van der Waals surface area (Å²) in [7, 11) is 0. The number of ether oxygens (including phenoxy) is 1. The summed E-state index contributed by atoms with van der Waals surface area (Å²) in [6, 6.07) is 0. The number of unbranched alkanes of at least 4 members (excludes halogenated alkanes) is 2. The molecule has 0 heterocycles. The van der Waals surface area contributed by atoms with Crippen molar-refractivity contribution < 1.29 is 32.6 Å². The lowest BCUT2D eigenvalue weighted by Gasteiger charge is -1.99. The van der Waals surface area contributed by atoms with Crippen LogP contribution in [0.1, 0.15) is 32.6 Å². The number of esters is 1. The average Bonchev–Trinajstić information content (AvgIpc) is 2.24. The molecule has 1 N–H and O–H groups in total. The first-order valence-corrected chi connectivity index (χ1v) is 6.39. The molecule has 0 aliphatic heterocycles. The molecule has 0 aliphatic carbocycles. The van der Waals surface area contributed by atoms with Crippen molar-refractivity contribution in [2.45, 2.75) is 38.8 Å². The fraction of sp³-hybridized carbons (Fsp3) is 0.800. The van der Waals surface area contributed by atoms with Crippen molar-refractivity contribution in [2.75, 3.05) is 11.9 Å². The standard InChI is InChI=1S/C8H15BrO2.C2HF3O2/c1-2-11-8(10)6-4-3-5-7-9;3-2(4,5)1(6)7/h2-7H2,1H3;(H,6,7). The highest BCUT2D eigenvalue weighted by Crippen LogP contribution is 2.13. The lowest BCUT2D eigenvalue weighted by atomic mass is 10.2. The molecule has 0 amide bonds. The van der Waals surface area contributed by atoms with Crippen LogP contribution < -0.4 is 0 Å². The summed E-state index contributed by atoms with van der Waals surface area (Å²) in [5, 5.41) is 8.15. The zero-order valence-corrected chi connectivity index (χ0v) is 11.5. The first kappa shape index (κ1) is 19.5. The van der Waals surface area contributed by atoms with E-state index in [-0.39, 0.29) is 5.97 Å². The Morgan fingerprint density at radius 1 is 1.22 bits per heavy atom. The Morgan fingerprint density at radius 2 is 1.72 bits per heavy atom. The summed E-state index contributed by atoms with van der Waals surface area (Å²) in [6.45, 7) is 2.33. The third-order valence-corrected chi connectivity index (χ3v) is 2.12. The zero-order chi connectivity index (χ0) is 14.6. The number of alkyl halides is 4. The Balaban J connectivity index is 0. The molecule has 0 aromatic carbocycles. The second-order valence-corrected chi connectivity index (χ2v) is 3.90. The van der Waals surface area contributed by atoms with E-state index in [0.29, 0.717) is 13.0 Å². The molecule has 4 nitrogen and oxygen atoms in total. The molecule has 0 spiro atoms. The second-order valence-electron chi connectivity index (χ2n) is 3.11. The molecule has 0 radical (unpaired) electrons. The Morgan fingerprint density at radius 3 is 2.06 bits per heavy atom. The Bertz CT molecular complexity index is 244. The van der Waals surface area contributed by atoms with E-state index in [0.717, 1.165) is 24.6 Å². The molecule has 0 unspecified atom stereocenters. The summed E-state index contributed by atoms with van der Waals surface area (Å²) in [5.41, 5.74) is 0. The van der Waals surface area contributed by atoms with Gasteiger partial charge in [0.25, 0.3) is 0 Å². The molecule has 0 rings (SSSR count). The Hall–Kier alpha value is -0.790. The van der Waals surface area contributed by atoms with E-state index >= 15 is 0 Å². The van der Waals surface area contributed by atoms with Gasteiger partial charge in [0, 0.05) is 11.8 Å². The molecular weight excluding hydrogens is 321 g/mol. The van der Waals surface area contributed by atoms with Crippen LogP contribution in [0.25, 0.3) is 0 Å². The second kappa shape index (κ2) is 11.3. The zero-order valence-electron chi connectivity index (χ0n) is 9.93. The maximum atomic E-state index is 10.8. The molecule has 0 aromatic heterocycles. The average molecular weight is 337 g/mol. The number of carboxylic acids is 1. The van der Waals surface area contributed by atoms with Gasteiger partial charge in [0.1, 0.15) is 0 Å². The third kappa shape index (κ3) is 15.2. The molecule has 0 fully saturated rings. The van der Waals surface area contributed by atoms with E-state index < -0.39 is 12.1 Å². The number of carbonyl (C=O) groups excluding carboxylic acids is 1. The normalized spacial score (nSPS) is 10.3. The summed E-state index contributed by atoms with van der Waals surface area (Å²) >= 11 is 3.33. The topological polar surface area (TPSA) is 63.6 Å². The van der Waals surface area contributed by atoms with Crippen LogP contribution in [0.5, 0.6) is 0 Å². The van der Waals surface area contributed by atoms with Gasteiger partial charge >= 0.3 is 18.1 Å². The van der Waals surface area contributed by atoms with Crippen LogP contribution in [-0.4, -0.2) is 35.2 Å². The fourth-order valence-electron chi connectivity index (χ4n) is 0.774. The highest BCUT2D eigenvalue weighted by Gasteiger charge is 2.38. The van der Waals surface area contributed by atoms with Gasteiger partial charge in [-0.05, 0) is 19.8 Å². The minimum Gasteiger partial charge on any atom is -0.475 e. The van der Waals surface area contributed by atoms with Gasteiger partial charge in [-0.3, -0.25) is 4.79 Å². The van der Waals surface area contributed by atoms with Gasteiger partial charge in [-0.1, -0.05) is 22.4 Å². The minimum absolute atomic E-state index is 0.0675. The smallest absolute Gasteiger partial charge is 0.475 e. The van der Waals surface area contributed by atoms with E-state index in [1.807, 2.05) is 6.92 Å². The molecule has 0 saturated carbocycles. The van der Waals surface area contributed by atoms with Crippen LogP contribution >= 0.6 is 15.9 Å². The van der Waals surface area contributed by atoms with Crippen LogP contribution in [0.3, 0.4) is 0 Å². The number of carbonyl (C=O) groups is 2. The number of hydrogen-bond donors (Lipinski definition) is 1. The molecule has 0 aliphatic rings. The highest BCUT2D eigenvalue weighted by atomic mass is 79.9. The van der Waals surface area contributed by atoms with Gasteiger partial charge in [-0.2, -0.15) is 13.2 Å². The predicted octanol–water partition coefficient (Wildman–Crippen LogP) is 3.14.